The summed E-state index contributed by atoms with van der Waals surface area (Å²) in [6.07, 6.45) is 0.838. The van der Waals surface area contributed by atoms with Crippen LogP contribution in [0.3, 0.4) is 0 Å². The van der Waals surface area contributed by atoms with Crippen LogP contribution in [0.1, 0.15) is 20.3 Å². The molecule has 20 heavy (non-hydrogen) atoms. The van der Waals surface area contributed by atoms with Crippen molar-refractivity contribution in [1.82, 2.24) is 5.32 Å². The average Bonchev–Trinajstić information content (AvgIpc) is 2.77. The van der Waals surface area contributed by atoms with E-state index in [1.54, 1.807) is 18.2 Å². The normalized spacial score (nSPS) is 20.9. The van der Waals surface area contributed by atoms with Gasteiger partial charge in [-0.3, -0.25) is 9.59 Å². The molecule has 0 radical (unpaired) electrons. The smallest absolute Gasteiger partial charge is 0.231 e. The highest BCUT2D eigenvalue weighted by Gasteiger charge is 2.36. The van der Waals surface area contributed by atoms with Gasteiger partial charge < -0.3 is 16.0 Å². The van der Waals surface area contributed by atoms with Crippen LogP contribution in [0.4, 0.5) is 11.4 Å². The van der Waals surface area contributed by atoms with E-state index < -0.39 is 0 Å². The third-order valence-corrected chi connectivity index (χ3v) is 3.36. The quantitative estimate of drug-likeness (QED) is 0.799. The zero-order valence-corrected chi connectivity index (χ0v) is 12.5. The summed E-state index contributed by atoms with van der Waals surface area (Å²) in [4.78, 5) is 23.2. The lowest BCUT2D eigenvalue weighted by atomic mass is 9.89. The molecular weight excluding hydrogens is 278 g/mol. The number of carbonyl (C=O) groups is 2. The summed E-state index contributed by atoms with van der Waals surface area (Å²) in [5, 5.41) is 8.80. The lowest BCUT2D eigenvalue weighted by Gasteiger charge is -2.21. The van der Waals surface area contributed by atoms with Crippen LogP contribution >= 0.6 is 12.4 Å². The van der Waals surface area contributed by atoms with Gasteiger partial charge in [-0.05, 0) is 38.1 Å². The van der Waals surface area contributed by atoms with Crippen molar-refractivity contribution >= 4 is 35.6 Å². The lowest BCUT2D eigenvalue weighted by molar-refractivity contribution is -0.123. The van der Waals surface area contributed by atoms with Crippen LogP contribution in [-0.2, 0) is 9.59 Å². The van der Waals surface area contributed by atoms with Gasteiger partial charge in [0.25, 0.3) is 0 Å². The van der Waals surface area contributed by atoms with E-state index in [-0.39, 0.29) is 29.6 Å². The number of hydrogen-bond acceptors (Lipinski definition) is 3. The van der Waals surface area contributed by atoms with E-state index >= 15 is 0 Å². The minimum atomic E-state index is -0.357. The van der Waals surface area contributed by atoms with Gasteiger partial charge in [-0.25, -0.2) is 0 Å². The predicted octanol–water partition coefficient (Wildman–Crippen LogP) is 2.00. The maximum absolute atomic E-state index is 12.2. The molecule has 0 spiro atoms. The molecule has 0 saturated carbocycles. The molecular formula is C14H20ClN3O2. The molecule has 1 aliphatic rings. The first kappa shape index (κ1) is 16.5. The second-order valence-corrected chi connectivity index (χ2v) is 5.20. The van der Waals surface area contributed by atoms with E-state index in [1.807, 2.05) is 13.0 Å². The van der Waals surface area contributed by atoms with Gasteiger partial charge in [0.15, 0.2) is 0 Å². The van der Waals surface area contributed by atoms with Crippen LogP contribution in [-0.4, -0.2) is 24.9 Å². The molecule has 6 heteroatoms. The molecule has 0 aromatic heterocycles. The SMILES string of the molecule is CC(=O)Nc1cccc(NC(=O)C2(C)CCNC2)c1.Cl. The number of benzene rings is 1. The molecule has 1 aromatic carbocycles. The number of hydrogen-bond donors (Lipinski definition) is 3. The van der Waals surface area contributed by atoms with Gasteiger partial charge in [0.05, 0.1) is 5.41 Å². The fourth-order valence-corrected chi connectivity index (χ4v) is 2.17. The number of carbonyl (C=O) groups excluding carboxylic acids is 2. The van der Waals surface area contributed by atoms with Crippen molar-refractivity contribution in [3.63, 3.8) is 0 Å². The topological polar surface area (TPSA) is 70.2 Å². The summed E-state index contributed by atoms with van der Waals surface area (Å²) < 4.78 is 0. The van der Waals surface area contributed by atoms with Gasteiger partial charge in [-0.15, -0.1) is 12.4 Å². The Labute approximate surface area is 124 Å². The van der Waals surface area contributed by atoms with Crippen molar-refractivity contribution in [1.29, 1.82) is 0 Å². The zero-order valence-electron chi connectivity index (χ0n) is 11.7. The minimum Gasteiger partial charge on any atom is -0.326 e. The Morgan fingerprint density at radius 2 is 1.90 bits per heavy atom. The molecule has 2 rings (SSSR count). The molecule has 1 atom stereocenters. The van der Waals surface area contributed by atoms with Crippen molar-refractivity contribution in [2.24, 2.45) is 5.41 Å². The van der Waals surface area contributed by atoms with Crippen molar-refractivity contribution in [2.45, 2.75) is 20.3 Å². The molecule has 5 nitrogen and oxygen atoms in total. The highest BCUT2D eigenvalue weighted by molar-refractivity contribution is 5.96. The first-order valence-corrected chi connectivity index (χ1v) is 6.39. The Bertz CT molecular complexity index is 499. The van der Waals surface area contributed by atoms with Crippen LogP contribution in [0.2, 0.25) is 0 Å². The van der Waals surface area contributed by atoms with E-state index in [9.17, 15) is 9.59 Å². The number of amides is 2. The first-order valence-electron chi connectivity index (χ1n) is 6.39. The monoisotopic (exact) mass is 297 g/mol. The van der Waals surface area contributed by atoms with Gasteiger partial charge in [0.2, 0.25) is 11.8 Å². The van der Waals surface area contributed by atoms with E-state index in [1.165, 1.54) is 6.92 Å². The van der Waals surface area contributed by atoms with Crippen molar-refractivity contribution in [2.75, 3.05) is 23.7 Å². The molecule has 110 valence electrons. The second kappa shape index (κ2) is 6.72. The highest BCUT2D eigenvalue weighted by atomic mass is 35.5. The van der Waals surface area contributed by atoms with Gasteiger partial charge in [-0.1, -0.05) is 6.07 Å². The number of rotatable bonds is 3. The molecule has 1 fully saturated rings. The van der Waals surface area contributed by atoms with Crippen molar-refractivity contribution in [3.05, 3.63) is 24.3 Å². The molecule has 0 aliphatic carbocycles. The van der Waals surface area contributed by atoms with Gasteiger partial charge in [-0.2, -0.15) is 0 Å². The third-order valence-electron chi connectivity index (χ3n) is 3.36. The number of anilines is 2. The standard InChI is InChI=1S/C14H19N3O2.ClH/c1-10(18)16-11-4-3-5-12(8-11)17-13(19)14(2)6-7-15-9-14;/h3-5,8,15H,6-7,9H2,1-2H3,(H,16,18)(H,17,19);1H. The predicted molar refractivity (Wildman–Crippen MR) is 82.2 cm³/mol. The lowest BCUT2D eigenvalue weighted by Crippen LogP contribution is -2.35. The molecule has 1 saturated heterocycles. The van der Waals surface area contributed by atoms with Gasteiger partial charge in [0, 0.05) is 24.8 Å². The Balaban J connectivity index is 0.00000200. The number of halogens is 1. The van der Waals surface area contributed by atoms with E-state index in [4.69, 9.17) is 0 Å². The average molecular weight is 298 g/mol. The fraction of sp³-hybridized carbons (Fsp3) is 0.429. The van der Waals surface area contributed by atoms with E-state index in [0.29, 0.717) is 17.9 Å². The molecule has 3 N–H and O–H groups in total. The molecule has 1 heterocycles. The Kier molecular flexibility index (Phi) is 5.53. The molecule has 0 bridgehead atoms. The summed E-state index contributed by atoms with van der Waals surface area (Å²) in [5.41, 5.74) is 1.02. The Morgan fingerprint density at radius 1 is 1.25 bits per heavy atom. The van der Waals surface area contributed by atoms with Gasteiger partial charge in [0.1, 0.15) is 0 Å². The molecule has 1 aliphatic heterocycles. The van der Waals surface area contributed by atoms with Crippen LogP contribution in [0.15, 0.2) is 24.3 Å². The zero-order chi connectivity index (χ0) is 13.9. The van der Waals surface area contributed by atoms with Crippen LogP contribution in [0, 0.1) is 5.41 Å². The van der Waals surface area contributed by atoms with Crippen molar-refractivity contribution in [3.8, 4) is 0 Å². The van der Waals surface area contributed by atoms with Crippen LogP contribution < -0.4 is 16.0 Å². The largest absolute Gasteiger partial charge is 0.326 e. The summed E-state index contributed by atoms with van der Waals surface area (Å²) in [5.74, 6) is -0.118. The number of nitrogens with one attached hydrogen (secondary N) is 3. The maximum Gasteiger partial charge on any atom is 0.231 e. The summed E-state index contributed by atoms with van der Waals surface area (Å²) in [6, 6.07) is 7.16. The third kappa shape index (κ3) is 3.95. The molecule has 2 amide bonds. The second-order valence-electron chi connectivity index (χ2n) is 5.20. The van der Waals surface area contributed by atoms with E-state index in [2.05, 4.69) is 16.0 Å². The summed E-state index contributed by atoms with van der Waals surface area (Å²) in [6.45, 7) is 4.98. The van der Waals surface area contributed by atoms with Crippen LogP contribution in [0.5, 0.6) is 0 Å². The highest BCUT2D eigenvalue weighted by Crippen LogP contribution is 2.27. The maximum atomic E-state index is 12.2. The van der Waals surface area contributed by atoms with Crippen LogP contribution in [0.25, 0.3) is 0 Å². The Hall–Kier alpha value is -1.59. The summed E-state index contributed by atoms with van der Waals surface area (Å²) in [7, 11) is 0. The summed E-state index contributed by atoms with van der Waals surface area (Å²) >= 11 is 0. The first-order chi connectivity index (χ1) is 8.99. The van der Waals surface area contributed by atoms with Crippen molar-refractivity contribution < 1.29 is 9.59 Å². The van der Waals surface area contributed by atoms with Gasteiger partial charge >= 0.3 is 0 Å². The Morgan fingerprint density at radius 3 is 2.45 bits per heavy atom. The molecule has 1 aromatic rings. The minimum absolute atomic E-state index is 0. The molecule has 1 unspecified atom stereocenters. The fourth-order valence-electron chi connectivity index (χ4n) is 2.17. The van der Waals surface area contributed by atoms with E-state index in [0.717, 1.165) is 13.0 Å².